The van der Waals surface area contributed by atoms with Crippen molar-refractivity contribution in [3.8, 4) is 0 Å². The summed E-state index contributed by atoms with van der Waals surface area (Å²) in [4.78, 5) is 14.0. The van der Waals surface area contributed by atoms with Gasteiger partial charge in [-0.25, -0.2) is 0 Å². The zero-order valence-electron chi connectivity index (χ0n) is 11.6. The minimum absolute atomic E-state index is 0.199. The molecule has 6 heteroatoms. The fourth-order valence-corrected chi connectivity index (χ4v) is 2.39. The number of aromatic nitrogens is 3. The number of carbonyl (C=O) groups is 1. The van der Waals surface area contributed by atoms with Gasteiger partial charge in [0.1, 0.15) is 12.2 Å². The predicted molar refractivity (Wildman–Crippen MR) is 72.5 cm³/mol. The average molecular weight is 265 g/mol. The van der Waals surface area contributed by atoms with Crippen molar-refractivity contribution < 1.29 is 4.79 Å². The van der Waals surface area contributed by atoms with Crippen LogP contribution in [0.15, 0.2) is 6.33 Å². The quantitative estimate of drug-likeness (QED) is 0.855. The Morgan fingerprint density at radius 1 is 1.32 bits per heavy atom. The van der Waals surface area contributed by atoms with Crippen molar-refractivity contribution in [1.82, 2.24) is 25.0 Å². The van der Waals surface area contributed by atoms with Crippen molar-refractivity contribution >= 4 is 5.91 Å². The summed E-state index contributed by atoms with van der Waals surface area (Å²) in [5, 5.41) is 11.1. The Labute approximate surface area is 114 Å². The molecule has 1 amide bonds. The summed E-state index contributed by atoms with van der Waals surface area (Å²) in [6, 6.07) is 0. The summed E-state index contributed by atoms with van der Waals surface area (Å²) in [7, 11) is 0. The van der Waals surface area contributed by atoms with Crippen LogP contribution in [-0.4, -0.2) is 45.2 Å². The maximum Gasteiger partial charge on any atom is 0.236 e. The van der Waals surface area contributed by atoms with Crippen molar-refractivity contribution in [2.75, 3.05) is 19.6 Å². The van der Waals surface area contributed by atoms with Gasteiger partial charge in [-0.05, 0) is 19.8 Å². The molecule has 1 saturated heterocycles. The molecule has 1 aromatic rings. The molecule has 1 aliphatic heterocycles. The maximum atomic E-state index is 12.1. The number of hydrogen-bond donors (Lipinski definition) is 1. The molecule has 1 aromatic heterocycles. The summed E-state index contributed by atoms with van der Waals surface area (Å²) in [6.45, 7) is 5.70. The van der Waals surface area contributed by atoms with Gasteiger partial charge in [-0.15, -0.1) is 10.2 Å². The molecule has 2 heterocycles. The maximum absolute atomic E-state index is 12.1. The zero-order chi connectivity index (χ0) is 13.5. The first-order valence-electron chi connectivity index (χ1n) is 7.16. The minimum atomic E-state index is 0.199. The number of nitrogens with zero attached hydrogens (tertiary/aromatic N) is 4. The molecule has 0 bridgehead atoms. The number of nitrogens with one attached hydrogen (secondary N) is 1. The highest BCUT2D eigenvalue weighted by Gasteiger charge is 2.15. The minimum Gasteiger partial charge on any atom is -0.342 e. The van der Waals surface area contributed by atoms with Crippen LogP contribution in [0.2, 0.25) is 0 Å². The van der Waals surface area contributed by atoms with Crippen molar-refractivity contribution in [3.63, 3.8) is 0 Å². The Morgan fingerprint density at radius 2 is 2.05 bits per heavy atom. The third-order valence-corrected chi connectivity index (χ3v) is 3.55. The van der Waals surface area contributed by atoms with Gasteiger partial charge in [0.15, 0.2) is 0 Å². The van der Waals surface area contributed by atoms with Crippen LogP contribution in [-0.2, 0) is 17.9 Å². The Hall–Kier alpha value is -1.43. The third kappa shape index (κ3) is 4.02. The highest BCUT2D eigenvalue weighted by atomic mass is 16.2. The van der Waals surface area contributed by atoms with Crippen molar-refractivity contribution in [3.05, 3.63) is 12.2 Å². The van der Waals surface area contributed by atoms with E-state index in [4.69, 9.17) is 0 Å². The molecule has 0 atom stereocenters. The Balaban J connectivity index is 1.74. The molecule has 0 spiro atoms. The smallest absolute Gasteiger partial charge is 0.236 e. The standard InChI is InChI=1S/C13H23N5O/c1-2-17-11-15-16-12(17)9-14-10-13(19)18-7-5-3-4-6-8-18/h11,14H,2-10H2,1H3. The van der Waals surface area contributed by atoms with Crippen molar-refractivity contribution in [2.24, 2.45) is 0 Å². The van der Waals surface area contributed by atoms with Gasteiger partial charge in [0.25, 0.3) is 0 Å². The molecule has 0 saturated carbocycles. The molecular formula is C13H23N5O. The van der Waals surface area contributed by atoms with E-state index in [9.17, 15) is 4.79 Å². The molecule has 0 radical (unpaired) electrons. The van der Waals surface area contributed by atoms with Crippen molar-refractivity contribution in [1.29, 1.82) is 0 Å². The first-order valence-corrected chi connectivity index (χ1v) is 7.16. The molecule has 0 unspecified atom stereocenters. The van der Waals surface area contributed by atoms with Crippen molar-refractivity contribution in [2.45, 2.75) is 45.7 Å². The van der Waals surface area contributed by atoms with Crippen LogP contribution in [0.5, 0.6) is 0 Å². The highest BCUT2D eigenvalue weighted by Crippen LogP contribution is 2.09. The van der Waals surface area contributed by atoms with Crippen LogP contribution >= 0.6 is 0 Å². The molecule has 6 nitrogen and oxygen atoms in total. The number of aryl methyl sites for hydroxylation is 1. The number of hydrogen-bond acceptors (Lipinski definition) is 4. The number of carbonyl (C=O) groups excluding carboxylic acids is 1. The molecule has 1 N–H and O–H groups in total. The van der Waals surface area contributed by atoms with Crippen LogP contribution in [0.4, 0.5) is 0 Å². The largest absolute Gasteiger partial charge is 0.342 e. The van der Waals surface area contributed by atoms with Gasteiger partial charge >= 0.3 is 0 Å². The van der Waals surface area contributed by atoms with Crippen LogP contribution in [0.25, 0.3) is 0 Å². The molecule has 2 rings (SSSR count). The van der Waals surface area contributed by atoms with Crippen LogP contribution in [0.1, 0.15) is 38.4 Å². The van der Waals surface area contributed by atoms with Gasteiger partial charge < -0.3 is 14.8 Å². The molecular weight excluding hydrogens is 242 g/mol. The topological polar surface area (TPSA) is 63.1 Å². The van der Waals surface area contributed by atoms with E-state index < -0.39 is 0 Å². The number of rotatable bonds is 5. The molecule has 1 fully saturated rings. The first kappa shape index (κ1) is 14.0. The first-order chi connectivity index (χ1) is 9.31. The summed E-state index contributed by atoms with van der Waals surface area (Å²) >= 11 is 0. The van der Waals surface area contributed by atoms with Crippen LogP contribution < -0.4 is 5.32 Å². The van der Waals surface area contributed by atoms with Gasteiger partial charge in [0, 0.05) is 19.6 Å². The van der Waals surface area contributed by atoms with Crippen LogP contribution in [0, 0.1) is 0 Å². The molecule has 1 aliphatic rings. The van der Waals surface area contributed by atoms with Gasteiger partial charge in [-0.2, -0.15) is 0 Å². The Bertz CT molecular complexity index is 395. The van der Waals surface area contributed by atoms with E-state index in [1.54, 1.807) is 6.33 Å². The SMILES string of the molecule is CCn1cnnc1CNCC(=O)N1CCCCCC1. The van der Waals surface area contributed by atoms with E-state index in [0.29, 0.717) is 13.1 Å². The molecule has 106 valence electrons. The number of likely N-dealkylation sites (tertiary alicyclic amines) is 1. The summed E-state index contributed by atoms with van der Waals surface area (Å²) in [6.07, 6.45) is 6.48. The van der Waals surface area contributed by atoms with Gasteiger partial charge in [0.05, 0.1) is 13.1 Å². The zero-order valence-corrected chi connectivity index (χ0v) is 11.6. The summed E-state index contributed by atoms with van der Waals surface area (Å²) in [5.41, 5.74) is 0. The Morgan fingerprint density at radius 3 is 2.74 bits per heavy atom. The lowest BCUT2D eigenvalue weighted by Crippen LogP contribution is -2.38. The van der Waals surface area contributed by atoms with Crippen LogP contribution in [0.3, 0.4) is 0 Å². The molecule has 0 aromatic carbocycles. The number of amides is 1. The fourth-order valence-electron chi connectivity index (χ4n) is 2.39. The van der Waals surface area contributed by atoms with Gasteiger partial charge in [0.2, 0.25) is 5.91 Å². The van der Waals surface area contributed by atoms with Gasteiger partial charge in [-0.1, -0.05) is 12.8 Å². The monoisotopic (exact) mass is 265 g/mol. The van der Waals surface area contributed by atoms with E-state index in [-0.39, 0.29) is 5.91 Å². The lowest BCUT2D eigenvalue weighted by atomic mass is 10.2. The second-order valence-electron chi connectivity index (χ2n) is 4.93. The Kier molecular flexibility index (Phi) is 5.32. The molecule has 0 aliphatic carbocycles. The lowest BCUT2D eigenvalue weighted by Gasteiger charge is -2.20. The molecule has 19 heavy (non-hydrogen) atoms. The van der Waals surface area contributed by atoms with Gasteiger partial charge in [-0.3, -0.25) is 4.79 Å². The summed E-state index contributed by atoms with van der Waals surface area (Å²) < 4.78 is 1.98. The highest BCUT2D eigenvalue weighted by molar-refractivity contribution is 5.78. The van der Waals surface area contributed by atoms with E-state index in [0.717, 1.165) is 38.3 Å². The fraction of sp³-hybridized carbons (Fsp3) is 0.769. The second-order valence-corrected chi connectivity index (χ2v) is 4.93. The normalized spacial score (nSPS) is 16.4. The predicted octanol–water partition coefficient (Wildman–Crippen LogP) is 0.790. The second kappa shape index (κ2) is 7.23. The average Bonchev–Trinajstić information content (AvgIpc) is 2.70. The van der Waals surface area contributed by atoms with E-state index in [1.165, 1.54) is 12.8 Å². The van der Waals surface area contributed by atoms with E-state index >= 15 is 0 Å². The lowest BCUT2D eigenvalue weighted by molar-refractivity contribution is -0.130. The van der Waals surface area contributed by atoms with E-state index in [2.05, 4.69) is 22.4 Å². The summed E-state index contributed by atoms with van der Waals surface area (Å²) in [5.74, 6) is 1.08. The van der Waals surface area contributed by atoms with E-state index in [1.807, 2.05) is 9.47 Å². The third-order valence-electron chi connectivity index (χ3n) is 3.55.